The molecular weight excluding hydrogens is 404 g/mol. The van der Waals surface area contributed by atoms with Crippen molar-refractivity contribution in [3.63, 3.8) is 0 Å². The van der Waals surface area contributed by atoms with Gasteiger partial charge in [0.25, 0.3) is 0 Å². The number of benzene rings is 1. The van der Waals surface area contributed by atoms with E-state index < -0.39 is 11.9 Å². The molecule has 0 saturated carbocycles. The minimum atomic E-state index is -0.878. The van der Waals surface area contributed by atoms with Gasteiger partial charge in [0.2, 0.25) is 0 Å². The normalized spacial score (nSPS) is 27.1. The van der Waals surface area contributed by atoms with Crippen LogP contribution in [-0.2, 0) is 16.0 Å². The van der Waals surface area contributed by atoms with Crippen LogP contribution in [0.5, 0.6) is 0 Å². The smallest absolute Gasteiger partial charge is 0.306 e. The largest absolute Gasteiger partial charge is 0.481 e. The van der Waals surface area contributed by atoms with Crippen LogP contribution in [0.15, 0.2) is 23.8 Å². The van der Waals surface area contributed by atoms with Crippen molar-refractivity contribution in [2.45, 2.75) is 83.3 Å². The molecule has 3 fully saturated rings. The van der Waals surface area contributed by atoms with Gasteiger partial charge in [-0.2, -0.15) is 0 Å². The number of carboxylic acid groups (broad SMARTS) is 1. The van der Waals surface area contributed by atoms with E-state index >= 15 is 0 Å². The molecule has 6 heteroatoms. The number of Topliss-reactive ketones (excluding diaryl/α,β-unsaturated/α-hetero) is 1. The number of fused-ring (bicyclic) bond motifs is 3. The van der Waals surface area contributed by atoms with Gasteiger partial charge < -0.3 is 9.84 Å². The minimum Gasteiger partial charge on any atom is -0.481 e. The average molecular weight is 439 g/mol. The summed E-state index contributed by atoms with van der Waals surface area (Å²) in [4.78, 5) is 29.3. The molecule has 0 radical (unpaired) electrons. The quantitative estimate of drug-likeness (QED) is 0.611. The second-order valence-corrected chi connectivity index (χ2v) is 10.5. The number of carbonyl (C=O) groups excluding carboxylic acids is 1. The predicted molar refractivity (Wildman–Crippen MR) is 122 cm³/mol. The first kappa shape index (κ1) is 21.8. The number of hydrogen-bond acceptors (Lipinski definition) is 5. The number of carboxylic acids is 1. The van der Waals surface area contributed by atoms with Crippen molar-refractivity contribution in [1.29, 1.82) is 0 Å². The van der Waals surface area contributed by atoms with Crippen molar-refractivity contribution < 1.29 is 19.4 Å². The topological polar surface area (TPSA) is 70.1 Å². The zero-order valence-electron chi connectivity index (χ0n) is 19.4. The summed E-state index contributed by atoms with van der Waals surface area (Å²) in [5.41, 5.74) is 6.21. The van der Waals surface area contributed by atoms with Crippen LogP contribution in [0.1, 0.15) is 80.3 Å². The van der Waals surface area contributed by atoms with Gasteiger partial charge in [-0.25, -0.2) is 4.90 Å². The Balaban J connectivity index is 1.18. The van der Waals surface area contributed by atoms with Gasteiger partial charge in [-0.1, -0.05) is 17.7 Å². The van der Waals surface area contributed by atoms with Crippen LogP contribution >= 0.6 is 0 Å². The number of hydrogen-bond donors (Lipinski definition) is 1. The Morgan fingerprint density at radius 3 is 2.72 bits per heavy atom. The molecule has 1 aromatic rings. The van der Waals surface area contributed by atoms with Crippen molar-refractivity contribution in [3.8, 4) is 0 Å². The first-order chi connectivity index (χ1) is 15.3. The molecule has 0 spiro atoms. The lowest BCUT2D eigenvalue weighted by molar-refractivity contribution is -0.261. The molecule has 1 N–H and O–H groups in total. The molecule has 3 heterocycles. The highest BCUT2D eigenvalue weighted by Gasteiger charge is 2.61. The summed E-state index contributed by atoms with van der Waals surface area (Å²) in [6.45, 7) is 5.12. The first-order valence-corrected chi connectivity index (χ1v) is 12.0. The third-order valence-electron chi connectivity index (χ3n) is 8.17. The number of likely N-dealkylation sites (N-methyl/N-ethyl adjacent to an activating group) is 1. The fraction of sp³-hybridized carbons (Fsp3) is 0.615. The fourth-order valence-electron chi connectivity index (χ4n) is 6.00. The molecule has 3 saturated heterocycles. The standard InChI is InChI=1S/C26H34N2O4/c1-26(2)24-28(25(32-24)27(26)3)12-6-8-18(23(30)31)15-22(29)17-10-11-21-19(14-17)13-16-7-4-5-9-20(16)21/h10-11,14,18,24-25H,4-9,12-13,15H2,1-3H3,(H,30,31)/t18?,24?,25-/m0/s1. The highest BCUT2D eigenvalue weighted by molar-refractivity contribution is 5.98. The Morgan fingerprint density at radius 1 is 1.25 bits per heavy atom. The zero-order valence-corrected chi connectivity index (χ0v) is 19.4. The van der Waals surface area contributed by atoms with Gasteiger partial charge in [0, 0.05) is 18.5 Å². The molecule has 0 amide bonds. The van der Waals surface area contributed by atoms with Crippen LogP contribution in [0.4, 0.5) is 0 Å². The monoisotopic (exact) mass is 438 g/mol. The molecule has 0 aromatic heterocycles. The molecule has 5 aliphatic rings. The number of nitrogens with zero attached hydrogens (tertiary/aromatic N) is 2. The van der Waals surface area contributed by atoms with Gasteiger partial charge in [-0.05, 0) is 88.6 Å². The number of aliphatic carboxylic acids is 1. The SMILES string of the molecule is CN1[C@@H]2OC(N2CCCC(CC(=O)c2ccc3c(c2)CC2=C3CCCC2)C(=O)O)C1(C)C. The van der Waals surface area contributed by atoms with E-state index in [4.69, 9.17) is 4.74 Å². The van der Waals surface area contributed by atoms with Crippen molar-refractivity contribution in [1.82, 2.24) is 9.80 Å². The van der Waals surface area contributed by atoms with E-state index in [0.29, 0.717) is 12.0 Å². The summed E-state index contributed by atoms with van der Waals surface area (Å²) < 4.78 is 5.87. The van der Waals surface area contributed by atoms with E-state index in [1.54, 1.807) is 0 Å². The fourth-order valence-corrected chi connectivity index (χ4v) is 6.00. The minimum absolute atomic E-state index is 0.00856. The number of ether oxygens (including phenoxy) is 1. The summed E-state index contributed by atoms with van der Waals surface area (Å²) in [5, 5.41) is 9.74. The van der Waals surface area contributed by atoms with Gasteiger partial charge in [0.15, 0.2) is 12.1 Å². The summed E-state index contributed by atoms with van der Waals surface area (Å²) >= 11 is 0. The lowest BCUT2D eigenvalue weighted by Gasteiger charge is -2.41. The molecule has 3 aliphatic heterocycles. The summed E-state index contributed by atoms with van der Waals surface area (Å²) in [6.07, 6.45) is 7.15. The number of ketones is 1. The number of carbonyl (C=O) groups is 2. The molecular formula is C26H34N2O4. The van der Waals surface area contributed by atoms with E-state index in [1.807, 2.05) is 12.1 Å². The molecule has 172 valence electrons. The lowest BCUT2D eigenvalue weighted by Crippen LogP contribution is -2.55. The van der Waals surface area contributed by atoms with E-state index in [9.17, 15) is 14.7 Å². The van der Waals surface area contributed by atoms with Crippen LogP contribution < -0.4 is 0 Å². The van der Waals surface area contributed by atoms with Crippen LogP contribution in [0, 0.1) is 5.92 Å². The Morgan fingerprint density at radius 2 is 2.03 bits per heavy atom. The predicted octanol–water partition coefficient (Wildman–Crippen LogP) is 4.29. The van der Waals surface area contributed by atoms with Gasteiger partial charge in [0.05, 0.1) is 11.5 Å². The van der Waals surface area contributed by atoms with Crippen molar-refractivity contribution in [2.75, 3.05) is 13.6 Å². The molecule has 2 bridgehead atoms. The van der Waals surface area contributed by atoms with Crippen molar-refractivity contribution in [3.05, 3.63) is 40.5 Å². The molecule has 32 heavy (non-hydrogen) atoms. The third kappa shape index (κ3) is 3.53. The van der Waals surface area contributed by atoms with Gasteiger partial charge in [-0.15, -0.1) is 0 Å². The summed E-state index contributed by atoms with van der Waals surface area (Å²) in [6, 6.07) is 6.00. The molecule has 6 rings (SSSR count). The van der Waals surface area contributed by atoms with E-state index in [0.717, 1.165) is 25.8 Å². The zero-order chi connectivity index (χ0) is 22.6. The average Bonchev–Trinajstić information content (AvgIpc) is 3.29. The van der Waals surface area contributed by atoms with Gasteiger partial charge >= 0.3 is 5.97 Å². The molecule has 2 unspecified atom stereocenters. The Labute approximate surface area is 190 Å². The maximum Gasteiger partial charge on any atom is 0.306 e. The van der Waals surface area contributed by atoms with Crippen molar-refractivity contribution >= 4 is 17.3 Å². The summed E-state index contributed by atoms with van der Waals surface area (Å²) in [7, 11) is 2.06. The maximum atomic E-state index is 13.0. The Bertz CT molecular complexity index is 982. The number of allylic oxidation sites excluding steroid dienone is 2. The highest BCUT2D eigenvalue weighted by Crippen LogP contribution is 2.45. The number of rotatable bonds is 8. The van der Waals surface area contributed by atoms with Crippen LogP contribution in [-0.4, -0.2) is 58.4 Å². The van der Waals surface area contributed by atoms with E-state index in [2.05, 4.69) is 36.8 Å². The molecule has 6 nitrogen and oxygen atoms in total. The Kier molecular flexibility index (Phi) is 5.51. The van der Waals surface area contributed by atoms with E-state index in [1.165, 1.54) is 41.5 Å². The first-order valence-electron chi connectivity index (χ1n) is 12.0. The Hall–Kier alpha value is -2.02. The molecule has 3 atom stereocenters. The molecule has 1 aromatic carbocycles. The van der Waals surface area contributed by atoms with Crippen LogP contribution in [0.3, 0.4) is 0 Å². The van der Waals surface area contributed by atoms with Gasteiger partial charge in [-0.3, -0.25) is 14.5 Å². The summed E-state index contributed by atoms with van der Waals surface area (Å²) in [5.74, 6) is -1.58. The van der Waals surface area contributed by atoms with Crippen LogP contribution in [0.25, 0.3) is 5.57 Å². The van der Waals surface area contributed by atoms with Crippen molar-refractivity contribution in [2.24, 2.45) is 5.92 Å². The van der Waals surface area contributed by atoms with Crippen LogP contribution in [0.2, 0.25) is 0 Å². The van der Waals surface area contributed by atoms with E-state index in [-0.39, 0.29) is 30.3 Å². The molecule has 2 aliphatic carbocycles. The second kappa shape index (κ2) is 8.08. The lowest BCUT2D eigenvalue weighted by atomic mass is 9.91. The third-order valence-corrected chi connectivity index (χ3v) is 8.17. The highest BCUT2D eigenvalue weighted by atomic mass is 16.6. The van der Waals surface area contributed by atoms with Gasteiger partial charge in [0.1, 0.15) is 6.23 Å². The maximum absolute atomic E-state index is 13.0. The second-order valence-electron chi connectivity index (χ2n) is 10.5.